The van der Waals surface area contributed by atoms with Crippen LogP contribution >= 0.6 is 15.9 Å². The Hall–Kier alpha value is -1.36. The van der Waals surface area contributed by atoms with Crippen LogP contribution in [0.2, 0.25) is 0 Å². The van der Waals surface area contributed by atoms with Crippen molar-refractivity contribution in [3.8, 4) is 0 Å². The number of carbonyl (C=O) groups is 2. The smallest absolute Gasteiger partial charge is 0.338 e. The van der Waals surface area contributed by atoms with E-state index >= 15 is 0 Å². The molecule has 0 aliphatic rings. The van der Waals surface area contributed by atoms with Gasteiger partial charge < -0.3 is 10.1 Å². The van der Waals surface area contributed by atoms with Gasteiger partial charge in [0.05, 0.1) is 17.5 Å². The standard InChI is InChI=1S/C14H18BrNO3/c1-10(2)9-19-14(18)12-5-3-11(4-6-12)8-16-13(17)7-15/h3-6,10H,7-9H2,1-2H3,(H,16,17). The molecule has 1 amide bonds. The van der Waals surface area contributed by atoms with Gasteiger partial charge in [-0.25, -0.2) is 4.79 Å². The SMILES string of the molecule is CC(C)COC(=O)c1ccc(CNC(=O)CBr)cc1. The number of carbonyl (C=O) groups excluding carboxylic acids is 2. The Labute approximate surface area is 121 Å². The molecule has 0 heterocycles. The van der Waals surface area contributed by atoms with Gasteiger partial charge in [0.15, 0.2) is 0 Å². The summed E-state index contributed by atoms with van der Waals surface area (Å²) in [5.41, 5.74) is 1.46. The van der Waals surface area contributed by atoms with E-state index in [1.54, 1.807) is 24.3 Å². The Morgan fingerprint density at radius 3 is 2.42 bits per heavy atom. The molecule has 0 aliphatic heterocycles. The van der Waals surface area contributed by atoms with Crippen LogP contribution in [-0.2, 0) is 16.1 Å². The normalized spacial score (nSPS) is 10.3. The van der Waals surface area contributed by atoms with E-state index < -0.39 is 0 Å². The van der Waals surface area contributed by atoms with Gasteiger partial charge in [-0.1, -0.05) is 41.9 Å². The van der Waals surface area contributed by atoms with Crippen LogP contribution in [0.1, 0.15) is 29.8 Å². The van der Waals surface area contributed by atoms with Gasteiger partial charge in [-0.05, 0) is 23.6 Å². The number of hydrogen-bond donors (Lipinski definition) is 1. The van der Waals surface area contributed by atoms with Crippen molar-refractivity contribution in [1.82, 2.24) is 5.32 Å². The molecule has 0 aromatic heterocycles. The Morgan fingerprint density at radius 2 is 1.89 bits per heavy atom. The molecule has 0 aliphatic carbocycles. The Kier molecular flexibility index (Phi) is 6.56. The molecule has 0 unspecified atom stereocenters. The molecule has 0 fully saturated rings. The van der Waals surface area contributed by atoms with Crippen molar-refractivity contribution >= 4 is 27.8 Å². The summed E-state index contributed by atoms with van der Waals surface area (Å²) in [5.74, 6) is -0.0622. The van der Waals surface area contributed by atoms with E-state index in [1.807, 2.05) is 13.8 Å². The maximum Gasteiger partial charge on any atom is 0.338 e. The second-order valence-corrected chi connectivity index (χ2v) is 5.16. The zero-order valence-electron chi connectivity index (χ0n) is 11.1. The minimum Gasteiger partial charge on any atom is -0.462 e. The van der Waals surface area contributed by atoms with Gasteiger partial charge in [0.25, 0.3) is 0 Å². The van der Waals surface area contributed by atoms with Gasteiger partial charge in [-0.2, -0.15) is 0 Å². The van der Waals surface area contributed by atoms with Gasteiger partial charge in [0.1, 0.15) is 0 Å². The Morgan fingerprint density at radius 1 is 1.26 bits per heavy atom. The monoisotopic (exact) mass is 327 g/mol. The minimum atomic E-state index is -0.315. The molecule has 19 heavy (non-hydrogen) atoms. The number of ether oxygens (including phenoxy) is 1. The fourth-order valence-corrected chi connectivity index (χ4v) is 1.53. The van der Waals surface area contributed by atoms with Crippen molar-refractivity contribution < 1.29 is 14.3 Å². The lowest BCUT2D eigenvalue weighted by molar-refractivity contribution is -0.118. The van der Waals surface area contributed by atoms with Crippen LogP contribution in [-0.4, -0.2) is 23.8 Å². The Bertz CT molecular complexity index is 429. The van der Waals surface area contributed by atoms with Gasteiger partial charge >= 0.3 is 5.97 Å². The average molecular weight is 328 g/mol. The largest absolute Gasteiger partial charge is 0.462 e. The molecule has 1 aromatic carbocycles. The quantitative estimate of drug-likeness (QED) is 0.645. The van der Waals surface area contributed by atoms with E-state index in [-0.39, 0.29) is 17.2 Å². The van der Waals surface area contributed by atoms with Crippen molar-refractivity contribution in [2.24, 2.45) is 5.92 Å². The zero-order valence-corrected chi connectivity index (χ0v) is 12.7. The molecule has 0 saturated heterocycles. The first kappa shape index (κ1) is 15.7. The number of nitrogens with one attached hydrogen (secondary N) is 1. The number of halogens is 1. The van der Waals surface area contributed by atoms with Crippen molar-refractivity contribution in [3.63, 3.8) is 0 Å². The van der Waals surface area contributed by atoms with Gasteiger partial charge in [0, 0.05) is 6.54 Å². The third-order valence-electron chi connectivity index (χ3n) is 2.35. The van der Waals surface area contributed by atoms with Crippen molar-refractivity contribution in [1.29, 1.82) is 0 Å². The predicted octanol–water partition coefficient (Wildman–Crippen LogP) is 2.51. The van der Waals surface area contributed by atoms with Crippen molar-refractivity contribution in [2.75, 3.05) is 11.9 Å². The summed E-state index contributed by atoms with van der Waals surface area (Å²) < 4.78 is 5.13. The maximum absolute atomic E-state index is 11.7. The highest BCUT2D eigenvalue weighted by Gasteiger charge is 2.08. The second kappa shape index (κ2) is 7.94. The molecule has 0 radical (unpaired) electrons. The van der Waals surface area contributed by atoms with Crippen LogP contribution in [0.3, 0.4) is 0 Å². The van der Waals surface area contributed by atoms with E-state index in [4.69, 9.17) is 4.74 Å². The lowest BCUT2D eigenvalue weighted by Gasteiger charge is -2.08. The zero-order chi connectivity index (χ0) is 14.3. The van der Waals surface area contributed by atoms with Crippen molar-refractivity contribution in [3.05, 3.63) is 35.4 Å². The molecule has 5 heteroatoms. The number of alkyl halides is 1. The molecule has 4 nitrogen and oxygen atoms in total. The molecule has 0 atom stereocenters. The van der Waals surface area contributed by atoms with Gasteiger partial charge in [0.2, 0.25) is 5.91 Å². The summed E-state index contributed by atoms with van der Waals surface area (Å²) in [7, 11) is 0. The van der Waals surface area contributed by atoms with E-state index in [1.165, 1.54) is 0 Å². The van der Waals surface area contributed by atoms with E-state index in [9.17, 15) is 9.59 Å². The fourth-order valence-electron chi connectivity index (χ4n) is 1.33. The van der Waals surface area contributed by atoms with E-state index in [0.29, 0.717) is 24.6 Å². The highest BCUT2D eigenvalue weighted by molar-refractivity contribution is 9.09. The van der Waals surface area contributed by atoms with Crippen LogP contribution < -0.4 is 5.32 Å². The van der Waals surface area contributed by atoms with E-state index in [2.05, 4.69) is 21.2 Å². The Balaban J connectivity index is 2.51. The highest BCUT2D eigenvalue weighted by atomic mass is 79.9. The average Bonchev–Trinajstić information content (AvgIpc) is 2.42. The number of esters is 1. The third kappa shape index (κ3) is 5.87. The van der Waals surface area contributed by atoms with Gasteiger partial charge in [-0.3, -0.25) is 4.79 Å². The number of hydrogen-bond acceptors (Lipinski definition) is 3. The first-order valence-corrected chi connectivity index (χ1v) is 7.23. The third-order valence-corrected chi connectivity index (χ3v) is 2.86. The first-order chi connectivity index (χ1) is 9.02. The summed E-state index contributed by atoms with van der Waals surface area (Å²) in [4.78, 5) is 22.8. The highest BCUT2D eigenvalue weighted by Crippen LogP contribution is 2.07. The molecule has 0 spiro atoms. The minimum absolute atomic E-state index is 0.0691. The summed E-state index contributed by atoms with van der Waals surface area (Å²) in [6, 6.07) is 7.03. The van der Waals surface area contributed by atoms with Crippen LogP contribution in [0, 0.1) is 5.92 Å². The second-order valence-electron chi connectivity index (χ2n) is 4.60. The van der Waals surface area contributed by atoms with Crippen LogP contribution in [0.15, 0.2) is 24.3 Å². The van der Waals surface area contributed by atoms with E-state index in [0.717, 1.165) is 5.56 Å². The number of benzene rings is 1. The lowest BCUT2D eigenvalue weighted by atomic mass is 10.1. The fraction of sp³-hybridized carbons (Fsp3) is 0.429. The lowest BCUT2D eigenvalue weighted by Crippen LogP contribution is -2.23. The maximum atomic E-state index is 11.7. The molecule has 0 bridgehead atoms. The summed E-state index contributed by atoms with van der Waals surface area (Å²) in [6.45, 7) is 4.85. The topological polar surface area (TPSA) is 55.4 Å². The molecule has 0 saturated carbocycles. The summed E-state index contributed by atoms with van der Waals surface area (Å²) in [5, 5.41) is 3.02. The summed E-state index contributed by atoms with van der Waals surface area (Å²) >= 11 is 3.07. The van der Waals surface area contributed by atoms with Crippen molar-refractivity contribution in [2.45, 2.75) is 20.4 Å². The molecule has 1 N–H and O–H groups in total. The summed E-state index contributed by atoms with van der Waals surface area (Å²) in [6.07, 6.45) is 0. The first-order valence-electron chi connectivity index (χ1n) is 6.11. The van der Waals surface area contributed by atoms with Crippen LogP contribution in [0.4, 0.5) is 0 Å². The molecular weight excluding hydrogens is 310 g/mol. The number of rotatable bonds is 6. The molecule has 104 valence electrons. The molecular formula is C14H18BrNO3. The van der Waals surface area contributed by atoms with Gasteiger partial charge in [-0.15, -0.1) is 0 Å². The van der Waals surface area contributed by atoms with Crippen LogP contribution in [0.5, 0.6) is 0 Å². The van der Waals surface area contributed by atoms with Crippen LogP contribution in [0.25, 0.3) is 0 Å². The molecule has 1 aromatic rings. The predicted molar refractivity (Wildman–Crippen MR) is 77.2 cm³/mol. The molecule has 1 rings (SSSR count). The number of amides is 1.